The molecule has 0 amide bonds. The van der Waals surface area contributed by atoms with Crippen molar-refractivity contribution in [2.45, 2.75) is 32.0 Å². The molecule has 0 bridgehead atoms. The fourth-order valence-corrected chi connectivity index (χ4v) is 0.899. The second-order valence-electron chi connectivity index (χ2n) is 3.96. The lowest BCUT2D eigenvalue weighted by Gasteiger charge is -2.27. The van der Waals surface area contributed by atoms with E-state index in [0.717, 1.165) is 0 Å². The molecule has 3 heteroatoms. The third kappa shape index (κ3) is 3.71. The Kier molecular flexibility index (Phi) is 4.24. The van der Waals surface area contributed by atoms with Gasteiger partial charge in [0.25, 0.3) is 0 Å². The molecule has 0 saturated heterocycles. The lowest BCUT2D eigenvalue weighted by atomic mass is 10.2. The van der Waals surface area contributed by atoms with E-state index in [1.165, 1.54) is 6.08 Å². The normalized spacial score (nSPS) is 11.4. The monoisotopic (exact) mass is 186 g/mol. The van der Waals surface area contributed by atoms with E-state index < -0.39 is 8.80 Å². The van der Waals surface area contributed by atoms with Crippen LogP contribution in [0.25, 0.3) is 0 Å². The highest BCUT2D eigenvalue weighted by atomic mass is 28.3. The molecule has 0 radical (unpaired) electrons. The van der Waals surface area contributed by atoms with Crippen molar-refractivity contribution < 1.29 is 9.53 Å². The predicted molar refractivity (Wildman–Crippen MR) is 54.1 cm³/mol. The molecule has 0 aromatic rings. The van der Waals surface area contributed by atoms with Gasteiger partial charge < -0.3 is 4.74 Å². The molecule has 0 unspecified atom stereocenters. The first kappa shape index (κ1) is 11.4. The van der Waals surface area contributed by atoms with Gasteiger partial charge in [0, 0.05) is 14.9 Å². The first-order valence-corrected chi connectivity index (χ1v) is 7.08. The lowest BCUT2D eigenvalue weighted by Crippen LogP contribution is -2.27. The van der Waals surface area contributed by atoms with Crippen molar-refractivity contribution in [1.29, 1.82) is 0 Å². The molecule has 0 aliphatic carbocycles. The van der Waals surface area contributed by atoms with Gasteiger partial charge in [-0.15, -0.1) is 0 Å². The van der Waals surface area contributed by atoms with Crippen LogP contribution in [0.15, 0.2) is 12.7 Å². The number of ether oxygens (including phenoxy) is 1. The highest BCUT2D eigenvalue weighted by Gasteiger charge is 2.24. The molecule has 0 aliphatic rings. The zero-order valence-corrected chi connectivity index (χ0v) is 9.54. The standard InChI is InChI=1S/C9H18O2Si/c1-6-8(10)11-7-9(2,3)12(4)5/h6,12H,1,7H2,2-5H3. The summed E-state index contributed by atoms with van der Waals surface area (Å²) < 4.78 is 5.00. The molecule has 0 N–H and O–H groups in total. The predicted octanol–water partition coefficient (Wildman–Crippen LogP) is 1.98. The van der Waals surface area contributed by atoms with Gasteiger partial charge in [0.15, 0.2) is 0 Å². The van der Waals surface area contributed by atoms with E-state index in [4.69, 9.17) is 4.74 Å². The fourth-order valence-electron chi connectivity index (χ4n) is 0.483. The Balaban J connectivity index is 3.91. The van der Waals surface area contributed by atoms with Gasteiger partial charge in [-0.2, -0.15) is 0 Å². The molecule has 0 aromatic heterocycles. The van der Waals surface area contributed by atoms with E-state index in [9.17, 15) is 4.79 Å². The van der Waals surface area contributed by atoms with Crippen LogP contribution in [0.2, 0.25) is 18.1 Å². The van der Waals surface area contributed by atoms with Crippen molar-refractivity contribution in [3.63, 3.8) is 0 Å². The van der Waals surface area contributed by atoms with Crippen LogP contribution in [0.1, 0.15) is 13.8 Å². The Labute approximate surface area is 76.2 Å². The van der Waals surface area contributed by atoms with Crippen LogP contribution in [0.4, 0.5) is 0 Å². The fraction of sp³-hybridized carbons (Fsp3) is 0.667. The Bertz CT molecular complexity index is 173. The molecule has 0 aromatic carbocycles. The summed E-state index contributed by atoms with van der Waals surface area (Å²) in [4.78, 5) is 10.8. The largest absolute Gasteiger partial charge is 0.462 e. The van der Waals surface area contributed by atoms with Gasteiger partial charge in [-0.05, 0) is 5.04 Å². The zero-order valence-electron chi connectivity index (χ0n) is 8.39. The number of carbonyl (C=O) groups is 1. The third-order valence-electron chi connectivity index (χ3n) is 2.32. The maximum absolute atomic E-state index is 10.8. The second kappa shape index (κ2) is 4.45. The maximum Gasteiger partial charge on any atom is 0.330 e. The molecule has 0 fully saturated rings. The van der Waals surface area contributed by atoms with Gasteiger partial charge >= 0.3 is 5.97 Å². The van der Waals surface area contributed by atoms with Crippen molar-refractivity contribution >= 4 is 14.8 Å². The Morgan fingerprint density at radius 2 is 2.08 bits per heavy atom. The van der Waals surface area contributed by atoms with Crippen LogP contribution >= 0.6 is 0 Å². The summed E-state index contributed by atoms with van der Waals surface area (Å²) in [6.45, 7) is 12.6. The summed E-state index contributed by atoms with van der Waals surface area (Å²) in [6.07, 6.45) is 1.21. The van der Waals surface area contributed by atoms with Gasteiger partial charge in [0.1, 0.15) is 0 Å². The smallest absolute Gasteiger partial charge is 0.330 e. The van der Waals surface area contributed by atoms with Crippen molar-refractivity contribution in [3.05, 3.63) is 12.7 Å². The molecule has 12 heavy (non-hydrogen) atoms. The van der Waals surface area contributed by atoms with Crippen LogP contribution in [0.3, 0.4) is 0 Å². The Morgan fingerprint density at radius 3 is 2.42 bits per heavy atom. The van der Waals surface area contributed by atoms with Gasteiger partial charge in [0.2, 0.25) is 0 Å². The SMILES string of the molecule is C=CC(=O)OCC(C)(C)[SiH](C)C. The molecule has 0 spiro atoms. The molecule has 0 heterocycles. The second-order valence-corrected chi connectivity index (χ2v) is 7.83. The third-order valence-corrected chi connectivity index (χ3v) is 5.61. The number of hydrogen-bond donors (Lipinski definition) is 0. The average molecular weight is 186 g/mol. The van der Waals surface area contributed by atoms with Gasteiger partial charge in [-0.1, -0.05) is 33.5 Å². The van der Waals surface area contributed by atoms with Crippen LogP contribution in [-0.2, 0) is 9.53 Å². The van der Waals surface area contributed by atoms with E-state index in [-0.39, 0.29) is 11.0 Å². The molecule has 70 valence electrons. The van der Waals surface area contributed by atoms with E-state index in [2.05, 4.69) is 33.5 Å². The number of rotatable bonds is 4. The van der Waals surface area contributed by atoms with Crippen molar-refractivity contribution in [3.8, 4) is 0 Å². The topological polar surface area (TPSA) is 26.3 Å². The minimum Gasteiger partial charge on any atom is -0.462 e. The quantitative estimate of drug-likeness (QED) is 0.381. The van der Waals surface area contributed by atoms with Crippen LogP contribution in [0, 0.1) is 0 Å². The van der Waals surface area contributed by atoms with E-state index in [1.807, 2.05) is 0 Å². The Hall–Kier alpha value is -0.573. The van der Waals surface area contributed by atoms with Crippen molar-refractivity contribution in [2.24, 2.45) is 0 Å². The van der Waals surface area contributed by atoms with E-state index in [0.29, 0.717) is 6.61 Å². The highest BCUT2D eigenvalue weighted by Crippen LogP contribution is 2.28. The van der Waals surface area contributed by atoms with Crippen LogP contribution < -0.4 is 0 Å². The van der Waals surface area contributed by atoms with Crippen LogP contribution in [0.5, 0.6) is 0 Å². The molecule has 2 nitrogen and oxygen atoms in total. The average Bonchev–Trinajstić information content (AvgIpc) is 2.00. The molecular formula is C9H18O2Si. The number of esters is 1. The summed E-state index contributed by atoms with van der Waals surface area (Å²) in [5.41, 5.74) is 0. The summed E-state index contributed by atoms with van der Waals surface area (Å²) in [5, 5.41) is 0.179. The molecule has 0 rings (SSSR count). The van der Waals surface area contributed by atoms with Gasteiger partial charge in [-0.25, -0.2) is 4.79 Å². The lowest BCUT2D eigenvalue weighted by molar-refractivity contribution is -0.138. The molecule has 0 saturated carbocycles. The summed E-state index contributed by atoms with van der Waals surface area (Å²) in [6, 6.07) is 0. The summed E-state index contributed by atoms with van der Waals surface area (Å²) in [7, 11) is -0.761. The zero-order chi connectivity index (χ0) is 9.78. The first-order chi connectivity index (χ1) is 5.40. The van der Waals surface area contributed by atoms with Crippen molar-refractivity contribution in [1.82, 2.24) is 0 Å². The van der Waals surface area contributed by atoms with E-state index >= 15 is 0 Å². The van der Waals surface area contributed by atoms with Crippen LogP contribution in [-0.4, -0.2) is 21.4 Å². The minimum atomic E-state index is -0.761. The molecular weight excluding hydrogens is 168 g/mol. The van der Waals surface area contributed by atoms with Gasteiger partial charge in [-0.3, -0.25) is 0 Å². The maximum atomic E-state index is 10.8. The summed E-state index contributed by atoms with van der Waals surface area (Å²) >= 11 is 0. The minimum absolute atomic E-state index is 0.179. The Morgan fingerprint density at radius 1 is 1.58 bits per heavy atom. The molecule has 0 atom stereocenters. The van der Waals surface area contributed by atoms with Gasteiger partial charge in [0.05, 0.1) is 6.61 Å². The number of hydrogen-bond acceptors (Lipinski definition) is 2. The first-order valence-electron chi connectivity index (χ1n) is 4.19. The number of carbonyl (C=O) groups excluding carboxylic acids is 1. The van der Waals surface area contributed by atoms with E-state index in [1.54, 1.807) is 0 Å². The summed E-state index contributed by atoms with van der Waals surface area (Å²) in [5.74, 6) is -0.322. The molecule has 0 aliphatic heterocycles. The highest BCUT2D eigenvalue weighted by molar-refractivity contribution is 6.59. The van der Waals surface area contributed by atoms with Crippen molar-refractivity contribution in [2.75, 3.05) is 6.61 Å².